The average molecular weight is 331 g/mol. The van der Waals surface area contributed by atoms with E-state index < -0.39 is 0 Å². The van der Waals surface area contributed by atoms with E-state index in [4.69, 9.17) is 5.10 Å². The van der Waals surface area contributed by atoms with Crippen molar-refractivity contribution in [1.29, 1.82) is 0 Å². The third-order valence-electron chi connectivity index (χ3n) is 4.71. The van der Waals surface area contributed by atoms with Gasteiger partial charge in [0, 0.05) is 36.7 Å². The zero-order valence-electron chi connectivity index (χ0n) is 13.8. The summed E-state index contributed by atoms with van der Waals surface area (Å²) in [6.07, 6.45) is 6.19. The maximum Gasteiger partial charge on any atom is 0.226 e. The highest BCUT2D eigenvalue weighted by atomic mass is 15.3. The number of nitrogens with zero attached hydrogens (tertiary/aromatic N) is 6. The molecule has 1 unspecified atom stereocenters. The zero-order chi connectivity index (χ0) is 16.8. The molecule has 0 saturated carbocycles. The zero-order valence-corrected chi connectivity index (χ0v) is 13.8. The van der Waals surface area contributed by atoms with E-state index in [0.29, 0.717) is 5.95 Å². The van der Waals surface area contributed by atoms with Crippen LogP contribution in [0.4, 0.5) is 5.95 Å². The topological polar surface area (TPSA) is 75.0 Å². The number of pyridine rings is 1. The quantitative estimate of drug-likeness (QED) is 0.610. The predicted molar refractivity (Wildman–Crippen MR) is 93.4 cm³/mol. The van der Waals surface area contributed by atoms with Crippen molar-refractivity contribution in [2.75, 3.05) is 11.4 Å². The van der Waals surface area contributed by atoms with Gasteiger partial charge in [-0.25, -0.2) is 19.5 Å². The molecule has 0 aromatic carbocycles. The molecule has 0 aliphatic carbocycles. The normalized spacial score (nSPS) is 17.0. The van der Waals surface area contributed by atoms with E-state index >= 15 is 0 Å². The van der Waals surface area contributed by atoms with Crippen molar-refractivity contribution in [3.63, 3.8) is 0 Å². The lowest BCUT2D eigenvalue weighted by molar-refractivity contribution is 0.601. The van der Waals surface area contributed by atoms with Gasteiger partial charge < -0.3 is 9.88 Å². The largest absolute Gasteiger partial charge is 0.348 e. The maximum absolute atomic E-state index is 4.86. The summed E-state index contributed by atoms with van der Waals surface area (Å²) in [5.74, 6) is 0.704. The van der Waals surface area contributed by atoms with Crippen molar-refractivity contribution in [2.45, 2.75) is 19.4 Å². The van der Waals surface area contributed by atoms with Gasteiger partial charge in [0.2, 0.25) is 5.95 Å². The summed E-state index contributed by atoms with van der Waals surface area (Å²) in [7, 11) is 0. The third kappa shape index (κ3) is 2.20. The second kappa shape index (κ2) is 5.41. The molecule has 5 rings (SSSR count). The van der Waals surface area contributed by atoms with Crippen LogP contribution < -0.4 is 4.90 Å². The molecule has 1 atom stereocenters. The molecule has 1 aliphatic rings. The van der Waals surface area contributed by atoms with Crippen LogP contribution >= 0.6 is 0 Å². The SMILES string of the molecule is Cc1cccc2cc(C3c4nc[nH]c4CCN3c3ncccn3)nn12. The fraction of sp³-hybridized carbons (Fsp3) is 0.222. The smallest absolute Gasteiger partial charge is 0.226 e. The van der Waals surface area contributed by atoms with Gasteiger partial charge in [0.05, 0.1) is 23.2 Å². The number of hydrogen-bond donors (Lipinski definition) is 1. The van der Waals surface area contributed by atoms with Gasteiger partial charge in [-0.05, 0) is 31.2 Å². The van der Waals surface area contributed by atoms with Gasteiger partial charge in [0.25, 0.3) is 0 Å². The van der Waals surface area contributed by atoms with Crippen LogP contribution in [0.25, 0.3) is 5.52 Å². The Morgan fingerprint density at radius 1 is 1.12 bits per heavy atom. The van der Waals surface area contributed by atoms with Gasteiger partial charge in [-0.1, -0.05) is 6.07 Å². The molecule has 0 bridgehead atoms. The van der Waals surface area contributed by atoms with E-state index in [0.717, 1.165) is 41.3 Å². The number of hydrogen-bond acceptors (Lipinski definition) is 5. The minimum Gasteiger partial charge on any atom is -0.348 e. The highest BCUT2D eigenvalue weighted by molar-refractivity contribution is 5.53. The number of aromatic amines is 1. The summed E-state index contributed by atoms with van der Waals surface area (Å²) in [6.45, 7) is 2.87. The van der Waals surface area contributed by atoms with Gasteiger partial charge in [-0.3, -0.25) is 0 Å². The van der Waals surface area contributed by atoms with Crippen LogP contribution in [0.15, 0.2) is 49.1 Å². The number of H-pyrrole nitrogens is 1. The Hall–Kier alpha value is -3.22. The van der Waals surface area contributed by atoms with Gasteiger partial charge in [0.15, 0.2) is 0 Å². The van der Waals surface area contributed by atoms with E-state index in [1.807, 2.05) is 10.6 Å². The highest BCUT2D eigenvalue weighted by Gasteiger charge is 2.34. The van der Waals surface area contributed by atoms with Crippen molar-refractivity contribution in [2.24, 2.45) is 0 Å². The second-order valence-electron chi connectivity index (χ2n) is 6.23. The molecule has 0 fully saturated rings. The van der Waals surface area contributed by atoms with Crippen molar-refractivity contribution < 1.29 is 0 Å². The van der Waals surface area contributed by atoms with Crippen LogP contribution in [-0.2, 0) is 6.42 Å². The molecule has 0 amide bonds. The minimum atomic E-state index is -0.100. The first kappa shape index (κ1) is 14.2. The Morgan fingerprint density at radius 3 is 2.84 bits per heavy atom. The van der Waals surface area contributed by atoms with Crippen molar-refractivity contribution in [1.82, 2.24) is 29.5 Å². The van der Waals surface area contributed by atoms with Crippen LogP contribution in [0.5, 0.6) is 0 Å². The van der Waals surface area contributed by atoms with Gasteiger partial charge in [-0.2, -0.15) is 5.10 Å². The number of anilines is 1. The first-order valence-corrected chi connectivity index (χ1v) is 8.32. The van der Waals surface area contributed by atoms with Crippen molar-refractivity contribution in [3.05, 3.63) is 71.8 Å². The van der Waals surface area contributed by atoms with E-state index in [9.17, 15) is 0 Å². The molecule has 0 spiro atoms. The van der Waals surface area contributed by atoms with Gasteiger partial charge >= 0.3 is 0 Å². The summed E-state index contributed by atoms with van der Waals surface area (Å²) in [5.41, 5.74) is 5.29. The standard InChI is InChI=1S/C18H17N7/c1-12-4-2-5-13-10-15(23-25(12)13)17-16-14(21-11-22-16)6-9-24(17)18-19-7-3-8-20-18/h2-5,7-8,10-11,17H,6,9H2,1H3,(H,21,22). The Labute approximate surface area is 144 Å². The lowest BCUT2D eigenvalue weighted by Crippen LogP contribution is -2.37. The molecule has 4 aromatic heterocycles. The summed E-state index contributed by atoms with van der Waals surface area (Å²) in [6, 6.07) is 10.0. The number of imidazole rings is 1. The van der Waals surface area contributed by atoms with E-state index in [2.05, 4.69) is 56.0 Å². The summed E-state index contributed by atoms with van der Waals surface area (Å²) >= 11 is 0. The van der Waals surface area contributed by atoms with Gasteiger partial charge in [-0.15, -0.1) is 0 Å². The lowest BCUT2D eigenvalue weighted by atomic mass is 10.0. The summed E-state index contributed by atoms with van der Waals surface area (Å²) < 4.78 is 1.97. The third-order valence-corrected chi connectivity index (χ3v) is 4.71. The number of aromatic nitrogens is 6. The molecule has 7 heteroatoms. The molecule has 0 radical (unpaired) electrons. The Morgan fingerprint density at radius 2 is 2.00 bits per heavy atom. The molecule has 25 heavy (non-hydrogen) atoms. The van der Waals surface area contributed by atoms with Crippen LogP contribution in [0.3, 0.4) is 0 Å². The molecular weight excluding hydrogens is 314 g/mol. The van der Waals surface area contributed by atoms with E-state index in [1.165, 1.54) is 0 Å². The molecule has 5 heterocycles. The number of rotatable bonds is 2. The first-order valence-electron chi connectivity index (χ1n) is 8.32. The molecule has 7 nitrogen and oxygen atoms in total. The molecule has 4 aromatic rings. The number of aryl methyl sites for hydroxylation is 1. The van der Waals surface area contributed by atoms with Crippen molar-refractivity contribution in [3.8, 4) is 0 Å². The predicted octanol–water partition coefficient (Wildman–Crippen LogP) is 2.31. The Balaban J connectivity index is 1.70. The monoisotopic (exact) mass is 331 g/mol. The highest BCUT2D eigenvalue weighted by Crippen LogP contribution is 2.35. The van der Waals surface area contributed by atoms with Crippen molar-refractivity contribution >= 4 is 11.5 Å². The fourth-order valence-corrected chi connectivity index (χ4v) is 3.54. The van der Waals surface area contributed by atoms with Crippen LogP contribution in [-0.4, -0.2) is 36.1 Å². The average Bonchev–Trinajstić information content (AvgIpc) is 3.29. The van der Waals surface area contributed by atoms with E-state index in [1.54, 1.807) is 18.7 Å². The second-order valence-corrected chi connectivity index (χ2v) is 6.23. The molecule has 1 N–H and O–H groups in total. The summed E-state index contributed by atoms with van der Waals surface area (Å²) in [4.78, 5) is 18.9. The van der Waals surface area contributed by atoms with Crippen LogP contribution in [0.2, 0.25) is 0 Å². The molecular formula is C18H17N7. The Kier molecular flexibility index (Phi) is 3.06. The number of fused-ring (bicyclic) bond motifs is 2. The molecule has 124 valence electrons. The minimum absolute atomic E-state index is 0.100. The lowest BCUT2D eigenvalue weighted by Gasteiger charge is -2.33. The maximum atomic E-state index is 4.86. The molecule has 0 saturated heterocycles. The van der Waals surface area contributed by atoms with Crippen LogP contribution in [0.1, 0.15) is 28.8 Å². The van der Waals surface area contributed by atoms with E-state index in [-0.39, 0.29) is 6.04 Å². The van der Waals surface area contributed by atoms with Crippen LogP contribution in [0, 0.1) is 6.92 Å². The molecule has 1 aliphatic heterocycles. The Bertz CT molecular complexity index is 1030. The van der Waals surface area contributed by atoms with Gasteiger partial charge in [0.1, 0.15) is 6.04 Å². The number of nitrogens with one attached hydrogen (secondary N) is 1. The first-order chi connectivity index (χ1) is 12.3. The summed E-state index contributed by atoms with van der Waals surface area (Å²) in [5, 5.41) is 4.86. The fourth-order valence-electron chi connectivity index (χ4n) is 3.54.